The number of rotatable bonds is 4. The first-order valence-electron chi connectivity index (χ1n) is 9.46. The van der Waals surface area contributed by atoms with Crippen molar-refractivity contribution in [3.8, 4) is 0 Å². The lowest BCUT2D eigenvalue weighted by Gasteiger charge is -2.58. The van der Waals surface area contributed by atoms with Crippen molar-refractivity contribution in [2.75, 3.05) is 19.6 Å². The highest BCUT2D eigenvalue weighted by molar-refractivity contribution is 5.82. The second-order valence-electron chi connectivity index (χ2n) is 8.88. The Labute approximate surface area is 146 Å². The van der Waals surface area contributed by atoms with Gasteiger partial charge < -0.3 is 11.1 Å². The Morgan fingerprint density at radius 2 is 1.84 bits per heavy atom. The average molecular weight is 355 g/mol. The molecule has 4 saturated carbocycles. The Bertz CT molecular complexity index is 567. The van der Waals surface area contributed by atoms with E-state index >= 15 is 0 Å². The van der Waals surface area contributed by atoms with Crippen LogP contribution in [-0.4, -0.2) is 48.3 Å². The van der Waals surface area contributed by atoms with Gasteiger partial charge in [0.15, 0.2) is 0 Å². The Hall–Kier alpha value is -1.24. The molecule has 1 heterocycles. The van der Waals surface area contributed by atoms with E-state index in [-0.39, 0.29) is 42.8 Å². The predicted molar refractivity (Wildman–Crippen MR) is 87.7 cm³/mol. The quantitative estimate of drug-likeness (QED) is 0.803. The minimum absolute atomic E-state index is 0.0376. The van der Waals surface area contributed by atoms with E-state index in [9.17, 15) is 18.4 Å². The molecule has 0 aromatic heterocycles. The van der Waals surface area contributed by atoms with Crippen molar-refractivity contribution in [2.24, 2.45) is 28.9 Å². The van der Waals surface area contributed by atoms with Crippen molar-refractivity contribution < 1.29 is 18.4 Å². The Kier molecular flexibility index (Phi) is 4.05. The third-order valence-electron chi connectivity index (χ3n) is 6.96. The summed E-state index contributed by atoms with van der Waals surface area (Å²) < 4.78 is 27.0. The van der Waals surface area contributed by atoms with Crippen molar-refractivity contribution in [2.45, 2.75) is 56.9 Å². The molecule has 1 aliphatic heterocycles. The molecule has 140 valence electrons. The first-order valence-corrected chi connectivity index (χ1v) is 9.46. The molecule has 25 heavy (non-hydrogen) atoms. The van der Waals surface area contributed by atoms with Crippen LogP contribution in [0.2, 0.25) is 0 Å². The molecule has 0 aromatic rings. The maximum Gasteiger partial charge on any atom is 0.260 e. The van der Waals surface area contributed by atoms with E-state index in [1.54, 1.807) is 4.90 Å². The second kappa shape index (κ2) is 5.89. The van der Waals surface area contributed by atoms with E-state index < -0.39 is 5.92 Å². The first kappa shape index (κ1) is 17.2. The van der Waals surface area contributed by atoms with Gasteiger partial charge in [0.2, 0.25) is 11.8 Å². The van der Waals surface area contributed by atoms with Gasteiger partial charge in [0.05, 0.1) is 13.1 Å². The standard InChI is InChI=1S/C18H27F2N3O2/c19-18(20)2-1-3-23(10-18)9-14(24)22-15-12-4-11-5-13(15)8-17(6-11,7-12)16(21)25/h11-13,15H,1-10H2,(H2,21,25)(H,22,24). The number of carbonyl (C=O) groups is 2. The van der Waals surface area contributed by atoms with Crippen LogP contribution >= 0.6 is 0 Å². The summed E-state index contributed by atoms with van der Waals surface area (Å²) >= 11 is 0. The van der Waals surface area contributed by atoms with E-state index in [0.29, 0.717) is 30.7 Å². The van der Waals surface area contributed by atoms with E-state index in [1.807, 2.05) is 0 Å². The average Bonchev–Trinajstić information content (AvgIpc) is 2.49. The van der Waals surface area contributed by atoms with Gasteiger partial charge in [-0.1, -0.05) is 0 Å². The highest BCUT2D eigenvalue weighted by Crippen LogP contribution is 2.59. The number of alkyl halides is 2. The van der Waals surface area contributed by atoms with Crippen molar-refractivity contribution in [3.05, 3.63) is 0 Å². The van der Waals surface area contributed by atoms with E-state index in [0.717, 1.165) is 32.1 Å². The van der Waals surface area contributed by atoms with Gasteiger partial charge in [-0.3, -0.25) is 14.5 Å². The molecule has 5 aliphatic rings. The molecule has 2 unspecified atom stereocenters. The number of halogens is 2. The Morgan fingerprint density at radius 1 is 1.16 bits per heavy atom. The van der Waals surface area contributed by atoms with Crippen LogP contribution in [0.5, 0.6) is 0 Å². The number of piperidine rings is 1. The van der Waals surface area contributed by atoms with Crippen LogP contribution in [0.1, 0.15) is 44.9 Å². The van der Waals surface area contributed by atoms with Gasteiger partial charge in [-0.2, -0.15) is 0 Å². The number of carbonyl (C=O) groups excluding carboxylic acids is 2. The topological polar surface area (TPSA) is 75.4 Å². The molecule has 0 radical (unpaired) electrons. The number of hydrogen-bond donors (Lipinski definition) is 2. The minimum Gasteiger partial charge on any atom is -0.369 e. The predicted octanol–water partition coefficient (Wildman–Crippen LogP) is 1.51. The zero-order valence-electron chi connectivity index (χ0n) is 14.5. The number of primary amides is 1. The van der Waals surface area contributed by atoms with Crippen LogP contribution in [0.4, 0.5) is 8.78 Å². The third-order valence-corrected chi connectivity index (χ3v) is 6.96. The molecule has 4 bridgehead atoms. The molecule has 7 heteroatoms. The number of amides is 2. The lowest BCUT2D eigenvalue weighted by molar-refractivity contribution is -0.147. The highest BCUT2D eigenvalue weighted by atomic mass is 19.3. The minimum atomic E-state index is -2.69. The number of nitrogens with two attached hydrogens (primary N) is 1. The number of likely N-dealkylation sites (tertiary alicyclic amines) is 1. The van der Waals surface area contributed by atoms with Crippen LogP contribution < -0.4 is 11.1 Å². The van der Waals surface area contributed by atoms with Gasteiger partial charge >= 0.3 is 0 Å². The van der Waals surface area contributed by atoms with Crippen molar-refractivity contribution >= 4 is 11.8 Å². The van der Waals surface area contributed by atoms with Gasteiger partial charge in [-0.15, -0.1) is 0 Å². The largest absolute Gasteiger partial charge is 0.369 e. The molecule has 4 aliphatic carbocycles. The summed E-state index contributed by atoms with van der Waals surface area (Å²) in [5, 5.41) is 3.12. The second-order valence-corrected chi connectivity index (χ2v) is 8.88. The molecule has 5 fully saturated rings. The van der Waals surface area contributed by atoms with Gasteiger partial charge in [0.25, 0.3) is 5.92 Å². The van der Waals surface area contributed by atoms with Crippen molar-refractivity contribution in [1.82, 2.24) is 10.2 Å². The molecular formula is C18H27F2N3O2. The van der Waals surface area contributed by atoms with Crippen LogP contribution in [0.3, 0.4) is 0 Å². The van der Waals surface area contributed by atoms with E-state index in [1.165, 1.54) is 0 Å². The fourth-order valence-corrected chi connectivity index (χ4v) is 6.18. The van der Waals surface area contributed by atoms with Crippen LogP contribution in [0.25, 0.3) is 0 Å². The third kappa shape index (κ3) is 3.15. The Balaban J connectivity index is 1.37. The normalized spacial score (nSPS) is 42.3. The summed E-state index contributed by atoms with van der Waals surface area (Å²) in [6.45, 7) is 0.258. The van der Waals surface area contributed by atoms with E-state index in [4.69, 9.17) is 5.73 Å². The van der Waals surface area contributed by atoms with Crippen LogP contribution in [0.15, 0.2) is 0 Å². The molecule has 2 atom stereocenters. The molecular weight excluding hydrogens is 328 g/mol. The molecule has 5 nitrogen and oxygen atoms in total. The molecule has 5 rings (SSSR count). The van der Waals surface area contributed by atoms with Gasteiger partial charge in [-0.25, -0.2) is 8.78 Å². The summed E-state index contributed by atoms with van der Waals surface area (Å²) in [7, 11) is 0. The monoisotopic (exact) mass is 355 g/mol. The first-order chi connectivity index (χ1) is 11.8. The molecule has 0 aromatic carbocycles. The van der Waals surface area contributed by atoms with Crippen molar-refractivity contribution in [1.29, 1.82) is 0 Å². The fourth-order valence-electron chi connectivity index (χ4n) is 6.18. The summed E-state index contributed by atoms with van der Waals surface area (Å²) in [5.41, 5.74) is 5.32. The van der Waals surface area contributed by atoms with Gasteiger partial charge in [0, 0.05) is 17.9 Å². The fraction of sp³-hybridized carbons (Fsp3) is 0.889. The molecule has 2 amide bonds. The lowest BCUT2D eigenvalue weighted by Crippen LogP contribution is -2.62. The van der Waals surface area contributed by atoms with Crippen LogP contribution in [-0.2, 0) is 9.59 Å². The maximum atomic E-state index is 13.5. The highest BCUT2D eigenvalue weighted by Gasteiger charge is 2.58. The summed E-state index contributed by atoms with van der Waals surface area (Å²) in [6, 6.07) is 0.0711. The lowest BCUT2D eigenvalue weighted by atomic mass is 9.47. The molecule has 1 saturated heterocycles. The van der Waals surface area contributed by atoms with Crippen molar-refractivity contribution in [3.63, 3.8) is 0 Å². The molecule has 0 spiro atoms. The smallest absolute Gasteiger partial charge is 0.260 e. The Morgan fingerprint density at radius 3 is 2.44 bits per heavy atom. The van der Waals surface area contributed by atoms with Crippen LogP contribution in [0, 0.1) is 23.2 Å². The maximum absolute atomic E-state index is 13.5. The number of nitrogens with one attached hydrogen (secondary N) is 1. The van der Waals surface area contributed by atoms with Gasteiger partial charge in [-0.05, 0) is 62.8 Å². The SMILES string of the molecule is NC(=O)C12CC3CC(C1)C(NC(=O)CN1CCCC(F)(F)C1)C(C3)C2. The molecule has 3 N–H and O–H groups in total. The van der Waals surface area contributed by atoms with E-state index in [2.05, 4.69) is 5.32 Å². The number of nitrogens with zero attached hydrogens (tertiary/aromatic N) is 1. The summed E-state index contributed by atoms with van der Waals surface area (Å²) in [4.78, 5) is 26.0. The van der Waals surface area contributed by atoms with Gasteiger partial charge in [0.1, 0.15) is 0 Å². The number of hydrogen-bond acceptors (Lipinski definition) is 3. The zero-order chi connectivity index (χ0) is 17.8. The zero-order valence-corrected chi connectivity index (χ0v) is 14.5. The summed E-state index contributed by atoms with van der Waals surface area (Å²) in [5.74, 6) is -1.90. The summed E-state index contributed by atoms with van der Waals surface area (Å²) in [6.07, 6.45) is 4.85.